The van der Waals surface area contributed by atoms with Gasteiger partial charge in [0.1, 0.15) is 0 Å². The van der Waals surface area contributed by atoms with Gasteiger partial charge < -0.3 is 9.84 Å². The smallest absolute Gasteiger partial charge is 0.303 e. The zero-order valence-corrected chi connectivity index (χ0v) is 11.9. The van der Waals surface area contributed by atoms with E-state index in [4.69, 9.17) is 9.84 Å². The molecule has 0 amide bonds. The normalized spacial score (nSPS) is 10.5. The van der Waals surface area contributed by atoms with Crippen molar-refractivity contribution < 1.29 is 14.6 Å². The predicted octanol–water partition coefficient (Wildman–Crippen LogP) is 1.53. The summed E-state index contributed by atoms with van der Waals surface area (Å²) in [6.45, 7) is 0.541. The summed E-state index contributed by atoms with van der Waals surface area (Å²) in [4.78, 5) is 14.6. The third-order valence-electron chi connectivity index (χ3n) is 3.04. The molecular weight excluding hydrogens is 272 g/mol. The third kappa shape index (κ3) is 4.55. The lowest BCUT2D eigenvalue weighted by molar-refractivity contribution is -0.137. The van der Waals surface area contributed by atoms with E-state index in [1.54, 1.807) is 18.0 Å². The number of unbranched alkanes of at least 4 members (excludes halogenated alkanes) is 1. The molecule has 0 aliphatic rings. The summed E-state index contributed by atoms with van der Waals surface area (Å²) < 4.78 is 6.93. The predicted molar refractivity (Wildman–Crippen MR) is 75.1 cm³/mol. The van der Waals surface area contributed by atoms with Crippen LogP contribution in [0.15, 0.2) is 24.5 Å². The highest BCUT2D eigenvalue weighted by atomic mass is 16.5. The number of carboxylic acid groups (broad SMARTS) is 1. The lowest BCUT2D eigenvalue weighted by Crippen LogP contribution is -2.03. The number of aliphatic carboxylic acids is 1. The Morgan fingerprint density at radius 2 is 2.29 bits per heavy atom. The van der Waals surface area contributed by atoms with E-state index in [9.17, 15) is 4.79 Å². The van der Waals surface area contributed by atoms with Gasteiger partial charge in [-0.15, -0.1) is 5.10 Å². The van der Waals surface area contributed by atoms with Crippen LogP contribution in [0.5, 0.6) is 5.88 Å². The minimum absolute atomic E-state index is 0.195. The first-order valence-electron chi connectivity index (χ1n) is 6.77. The van der Waals surface area contributed by atoms with Gasteiger partial charge in [0.05, 0.1) is 19.3 Å². The molecule has 2 rings (SSSR count). The number of carbonyl (C=O) groups is 1. The van der Waals surface area contributed by atoms with E-state index in [1.165, 1.54) is 0 Å². The standard InChI is InChI=1S/C14H18N4O3/c1-21-14-11(5-4-8-15-14)9-18-10-12(16-17-18)6-2-3-7-13(19)20/h4-5,8,10H,2-3,6-7,9H2,1H3,(H,19,20). The Bertz CT molecular complexity index is 597. The molecule has 0 radical (unpaired) electrons. The van der Waals surface area contributed by atoms with Crippen LogP contribution in [-0.2, 0) is 17.8 Å². The van der Waals surface area contributed by atoms with E-state index in [-0.39, 0.29) is 6.42 Å². The number of ether oxygens (including phenoxy) is 1. The Labute approximate surface area is 122 Å². The number of pyridine rings is 1. The van der Waals surface area contributed by atoms with Gasteiger partial charge in [-0.1, -0.05) is 11.3 Å². The minimum Gasteiger partial charge on any atom is -0.481 e. The molecule has 2 aromatic rings. The van der Waals surface area contributed by atoms with Crippen molar-refractivity contribution in [2.45, 2.75) is 32.2 Å². The third-order valence-corrected chi connectivity index (χ3v) is 3.04. The summed E-state index contributed by atoms with van der Waals surface area (Å²) in [5.41, 5.74) is 1.80. The second-order valence-corrected chi connectivity index (χ2v) is 4.68. The van der Waals surface area contributed by atoms with E-state index in [2.05, 4.69) is 15.3 Å². The summed E-state index contributed by atoms with van der Waals surface area (Å²) in [5, 5.41) is 16.7. The molecule has 112 valence electrons. The summed E-state index contributed by atoms with van der Waals surface area (Å²) >= 11 is 0. The highest BCUT2D eigenvalue weighted by Crippen LogP contribution is 2.14. The average molecular weight is 290 g/mol. The fraction of sp³-hybridized carbons (Fsp3) is 0.429. The van der Waals surface area contributed by atoms with Crippen LogP contribution in [0.25, 0.3) is 0 Å². The van der Waals surface area contributed by atoms with Gasteiger partial charge in [0, 0.05) is 24.4 Å². The van der Waals surface area contributed by atoms with Crippen LogP contribution >= 0.6 is 0 Å². The number of methoxy groups -OCH3 is 1. The Kier molecular flexibility index (Phi) is 5.25. The Morgan fingerprint density at radius 3 is 3.05 bits per heavy atom. The van der Waals surface area contributed by atoms with Crippen LogP contribution in [0, 0.1) is 0 Å². The number of hydrogen-bond donors (Lipinski definition) is 1. The fourth-order valence-electron chi connectivity index (χ4n) is 2.02. The lowest BCUT2D eigenvalue weighted by atomic mass is 10.1. The highest BCUT2D eigenvalue weighted by Gasteiger charge is 2.07. The largest absolute Gasteiger partial charge is 0.481 e. The van der Waals surface area contributed by atoms with Crippen LogP contribution in [0.3, 0.4) is 0 Å². The number of rotatable bonds is 8. The molecule has 21 heavy (non-hydrogen) atoms. The van der Waals surface area contributed by atoms with E-state index in [0.29, 0.717) is 18.8 Å². The van der Waals surface area contributed by atoms with E-state index in [1.807, 2.05) is 18.3 Å². The monoisotopic (exact) mass is 290 g/mol. The quantitative estimate of drug-likeness (QED) is 0.741. The molecule has 1 N–H and O–H groups in total. The number of aryl methyl sites for hydroxylation is 1. The molecule has 0 aliphatic carbocycles. The van der Waals surface area contributed by atoms with Gasteiger partial charge in [-0.3, -0.25) is 4.79 Å². The Balaban J connectivity index is 1.89. The first kappa shape index (κ1) is 15.0. The molecule has 2 aromatic heterocycles. The lowest BCUT2D eigenvalue weighted by Gasteiger charge is -2.05. The van der Waals surface area contributed by atoms with E-state index in [0.717, 1.165) is 24.1 Å². The zero-order valence-electron chi connectivity index (χ0n) is 11.9. The molecule has 0 spiro atoms. The maximum atomic E-state index is 10.4. The van der Waals surface area contributed by atoms with E-state index >= 15 is 0 Å². The number of nitrogens with zero attached hydrogens (tertiary/aromatic N) is 4. The van der Waals surface area contributed by atoms with Gasteiger partial charge in [-0.2, -0.15) is 0 Å². The maximum absolute atomic E-state index is 10.4. The number of hydrogen-bond acceptors (Lipinski definition) is 5. The minimum atomic E-state index is -0.762. The average Bonchev–Trinajstić information content (AvgIpc) is 2.91. The van der Waals surface area contributed by atoms with Crippen molar-refractivity contribution in [3.05, 3.63) is 35.8 Å². The maximum Gasteiger partial charge on any atom is 0.303 e. The van der Waals surface area contributed by atoms with Gasteiger partial charge >= 0.3 is 5.97 Å². The van der Waals surface area contributed by atoms with Gasteiger partial charge in [0.25, 0.3) is 0 Å². The van der Waals surface area contributed by atoms with Crippen molar-refractivity contribution in [3.63, 3.8) is 0 Å². The van der Waals surface area contributed by atoms with Crippen molar-refractivity contribution in [3.8, 4) is 5.88 Å². The second-order valence-electron chi connectivity index (χ2n) is 4.68. The Hall–Kier alpha value is -2.44. The topological polar surface area (TPSA) is 90.1 Å². The zero-order chi connectivity index (χ0) is 15.1. The molecule has 0 unspecified atom stereocenters. The molecule has 0 saturated heterocycles. The van der Waals surface area contributed by atoms with Crippen LogP contribution in [0.1, 0.15) is 30.5 Å². The molecular formula is C14H18N4O3. The van der Waals surface area contributed by atoms with Crippen molar-refractivity contribution in [2.24, 2.45) is 0 Å². The van der Waals surface area contributed by atoms with Gasteiger partial charge in [0.2, 0.25) is 5.88 Å². The SMILES string of the molecule is COc1ncccc1Cn1cc(CCCCC(=O)O)nn1. The molecule has 7 nitrogen and oxygen atoms in total. The van der Waals surface area contributed by atoms with Crippen LogP contribution < -0.4 is 4.74 Å². The second kappa shape index (κ2) is 7.37. The van der Waals surface area contributed by atoms with E-state index < -0.39 is 5.97 Å². The fourth-order valence-corrected chi connectivity index (χ4v) is 2.02. The van der Waals surface area contributed by atoms with Crippen LogP contribution in [0.2, 0.25) is 0 Å². The van der Waals surface area contributed by atoms with Gasteiger partial charge in [0.15, 0.2) is 0 Å². The van der Waals surface area contributed by atoms with Crippen molar-refractivity contribution in [1.29, 1.82) is 0 Å². The van der Waals surface area contributed by atoms with Crippen molar-refractivity contribution in [2.75, 3.05) is 7.11 Å². The molecule has 7 heteroatoms. The summed E-state index contributed by atoms with van der Waals surface area (Å²) in [6.07, 6.45) is 5.92. The van der Waals surface area contributed by atoms with Gasteiger partial charge in [-0.25, -0.2) is 9.67 Å². The molecule has 2 heterocycles. The summed E-state index contributed by atoms with van der Waals surface area (Å²) in [7, 11) is 1.58. The molecule has 0 fully saturated rings. The van der Waals surface area contributed by atoms with Gasteiger partial charge in [-0.05, 0) is 25.3 Å². The van der Waals surface area contributed by atoms with Crippen LogP contribution in [0.4, 0.5) is 0 Å². The molecule has 0 aliphatic heterocycles. The highest BCUT2D eigenvalue weighted by molar-refractivity contribution is 5.66. The number of carboxylic acids is 1. The molecule has 0 bridgehead atoms. The first-order valence-corrected chi connectivity index (χ1v) is 6.77. The molecule has 0 atom stereocenters. The van der Waals surface area contributed by atoms with Crippen molar-refractivity contribution in [1.82, 2.24) is 20.0 Å². The summed E-state index contributed by atoms with van der Waals surface area (Å²) in [5.74, 6) is -0.182. The van der Waals surface area contributed by atoms with Crippen molar-refractivity contribution >= 4 is 5.97 Å². The molecule has 0 saturated carbocycles. The molecule has 0 aromatic carbocycles. The van der Waals surface area contributed by atoms with Crippen LogP contribution in [-0.4, -0.2) is 38.2 Å². The number of aromatic nitrogens is 4. The summed E-state index contributed by atoms with van der Waals surface area (Å²) in [6, 6.07) is 3.78. The Morgan fingerprint density at radius 1 is 1.43 bits per heavy atom. The first-order chi connectivity index (χ1) is 10.2.